The lowest BCUT2D eigenvalue weighted by Crippen LogP contribution is -2.35. The third-order valence-electron chi connectivity index (χ3n) is 8.73. The number of hydrogen-bond donors (Lipinski definition) is 0. The zero-order chi connectivity index (χ0) is 35.8. The van der Waals surface area contributed by atoms with Gasteiger partial charge in [-0.1, -0.05) is 35.7 Å². The molecule has 0 unspecified atom stereocenters. The lowest BCUT2D eigenvalue weighted by molar-refractivity contribution is -0.377. The minimum absolute atomic E-state index is 0. The van der Waals surface area contributed by atoms with Crippen LogP contribution in [0, 0.1) is 5.92 Å². The molecule has 1 atom stereocenters. The van der Waals surface area contributed by atoms with Crippen LogP contribution in [0.5, 0.6) is 17.2 Å². The first-order valence-corrected chi connectivity index (χ1v) is 19.2. The number of ether oxygens (including phenoxy) is 4. The number of carbonyl (C=O) groups is 1. The van der Waals surface area contributed by atoms with Crippen LogP contribution < -0.4 is 23.5 Å². The van der Waals surface area contributed by atoms with Crippen LogP contribution in [-0.2, 0) is 21.2 Å². The highest BCUT2D eigenvalue weighted by Crippen LogP contribution is 2.39. The van der Waals surface area contributed by atoms with Crippen LogP contribution >= 0.6 is 23.2 Å². The fraction of sp³-hybridized carbons (Fsp3) is 0.486. The van der Waals surface area contributed by atoms with E-state index in [4.69, 9.17) is 42.1 Å². The van der Waals surface area contributed by atoms with Gasteiger partial charge in [0, 0.05) is 18.5 Å². The largest absolute Gasteiger partial charge is 0.870 e. The fourth-order valence-electron chi connectivity index (χ4n) is 5.90. The van der Waals surface area contributed by atoms with E-state index in [0.717, 1.165) is 51.6 Å². The van der Waals surface area contributed by atoms with Gasteiger partial charge in [0.05, 0.1) is 31.2 Å². The average molecular weight is 775 g/mol. The third kappa shape index (κ3) is 11.3. The summed E-state index contributed by atoms with van der Waals surface area (Å²) in [7, 11) is -2.34. The van der Waals surface area contributed by atoms with Crippen molar-refractivity contribution in [2.45, 2.75) is 57.7 Å². The number of rotatable bonds is 17. The minimum Gasteiger partial charge on any atom is -0.870 e. The van der Waals surface area contributed by atoms with Gasteiger partial charge >= 0.3 is 12.6 Å². The summed E-state index contributed by atoms with van der Waals surface area (Å²) in [6, 6.07) is 8.78. The van der Waals surface area contributed by atoms with E-state index in [1.165, 1.54) is 66.6 Å². The Hall–Kier alpha value is -3.43. The number of alkyl halides is 2. The van der Waals surface area contributed by atoms with E-state index in [1.54, 1.807) is 0 Å². The summed E-state index contributed by atoms with van der Waals surface area (Å²) in [5.74, 6) is -0.253. The van der Waals surface area contributed by atoms with E-state index in [9.17, 15) is 22.0 Å². The maximum Gasteiger partial charge on any atom is 0.387 e. The quantitative estimate of drug-likeness (QED) is 0.135. The van der Waals surface area contributed by atoms with Crippen molar-refractivity contribution in [2.24, 2.45) is 5.92 Å². The number of esters is 1. The van der Waals surface area contributed by atoms with E-state index in [-0.39, 0.29) is 46.9 Å². The highest BCUT2D eigenvalue weighted by Gasteiger charge is 2.28. The van der Waals surface area contributed by atoms with E-state index in [2.05, 4.69) is 9.88 Å². The Kier molecular flexibility index (Phi) is 14.5. The first kappa shape index (κ1) is 40.3. The van der Waals surface area contributed by atoms with Gasteiger partial charge in [0.15, 0.2) is 23.9 Å². The second-order valence-corrected chi connectivity index (χ2v) is 15.3. The van der Waals surface area contributed by atoms with Crippen LogP contribution in [0.15, 0.2) is 48.8 Å². The van der Waals surface area contributed by atoms with Crippen molar-refractivity contribution >= 4 is 44.9 Å². The van der Waals surface area contributed by atoms with Gasteiger partial charge < -0.3 is 29.3 Å². The molecular weight excluding hydrogens is 731 g/mol. The Morgan fingerprint density at radius 3 is 2.33 bits per heavy atom. The molecule has 16 heteroatoms. The Morgan fingerprint density at radius 1 is 1.02 bits per heavy atom. The molecule has 3 aromatic rings. The van der Waals surface area contributed by atoms with Crippen molar-refractivity contribution in [2.75, 3.05) is 50.5 Å². The number of nitrogens with one attached hydrogen (secondary N) is 1. The molecule has 11 nitrogen and oxygen atoms in total. The Labute approximate surface area is 307 Å². The van der Waals surface area contributed by atoms with Gasteiger partial charge in [0.2, 0.25) is 10.0 Å². The van der Waals surface area contributed by atoms with Crippen LogP contribution in [0.3, 0.4) is 0 Å². The highest BCUT2D eigenvalue weighted by atomic mass is 35.5. The molecule has 1 aliphatic carbocycles. The maximum atomic E-state index is 13.9. The number of aromatic amines is 1. The molecule has 0 radical (unpaired) electrons. The van der Waals surface area contributed by atoms with Crippen molar-refractivity contribution in [3.05, 3.63) is 75.5 Å². The molecule has 0 bridgehead atoms. The van der Waals surface area contributed by atoms with Gasteiger partial charge in [-0.2, -0.15) is 8.78 Å². The number of hydrogen-bond acceptors (Lipinski definition) is 9. The lowest BCUT2D eigenvalue weighted by Gasteiger charge is -2.29. The Morgan fingerprint density at radius 2 is 1.71 bits per heavy atom. The van der Waals surface area contributed by atoms with Gasteiger partial charge in [0.25, 0.3) is 0 Å². The van der Waals surface area contributed by atoms with Crippen LogP contribution in [0.25, 0.3) is 0 Å². The first-order valence-electron chi connectivity index (χ1n) is 16.6. The molecule has 280 valence electrons. The molecule has 1 saturated heterocycles. The summed E-state index contributed by atoms with van der Waals surface area (Å²) in [5, 5.41) is 0.586. The molecule has 1 saturated carbocycles. The lowest BCUT2D eigenvalue weighted by atomic mass is 10.0. The molecule has 2 heterocycles. The number of pyridine rings is 1. The predicted octanol–water partition coefficient (Wildman–Crippen LogP) is 6.81. The number of carbonyl (C=O) groups excluding carboxylic acids is 1. The number of anilines is 1. The third-order valence-corrected chi connectivity index (χ3v) is 10.6. The second-order valence-electron chi connectivity index (χ2n) is 12.5. The average Bonchev–Trinajstić information content (AvgIpc) is 3.91. The van der Waals surface area contributed by atoms with E-state index in [1.807, 2.05) is 0 Å². The summed E-state index contributed by atoms with van der Waals surface area (Å²) >= 11 is 13.0. The van der Waals surface area contributed by atoms with E-state index >= 15 is 0 Å². The first-order chi connectivity index (χ1) is 23.9. The van der Waals surface area contributed by atoms with Gasteiger partial charge in [-0.15, -0.1) is 0 Å². The number of methoxy groups -OCH3 is 1. The van der Waals surface area contributed by atoms with Crippen molar-refractivity contribution < 1.29 is 51.4 Å². The molecule has 1 aliphatic heterocycles. The van der Waals surface area contributed by atoms with Gasteiger partial charge in [-0.3, -0.25) is 4.31 Å². The van der Waals surface area contributed by atoms with Gasteiger partial charge in [-0.05, 0) is 93.6 Å². The zero-order valence-corrected chi connectivity index (χ0v) is 30.8. The smallest absolute Gasteiger partial charge is 0.387 e. The molecule has 51 heavy (non-hydrogen) atoms. The molecule has 2 N–H and O–H groups in total. The van der Waals surface area contributed by atoms with E-state index in [0.29, 0.717) is 40.1 Å². The van der Waals surface area contributed by atoms with Crippen LogP contribution in [0.4, 0.5) is 14.5 Å². The molecule has 5 rings (SSSR count). The fourth-order valence-corrected chi connectivity index (χ4v) is 7.40. The predicted molar refractivity (Wildman–Crippen MR) is 188 cm³/mol. The minimum atomic E-state index is -3.77. The number of sulfonamides is 1. The van der Waals surface area contributed by atoms with Crippen molar-refractivity contribution in [1.82, 2.24) is 4.90 Å². The zero-order valence-electron chi connectivity index (χ0n) is 28.5. The number of piperidine rings is 1. The Bertz CT molecular complexity index is 1720. The number of nitrogens with zero attached hydrogens (tertiary/aromatic N) is 2. The molecular formula is C35H43Cl2F2N3O8S. The van der Waals surface area contributed by atoms with Crippen LogP contribution in [0.2, 0.25) is 10.0 Å². The van der Waals surface area contributed by atoms with Crippen molar-refractivity contribution in [3.63, 3.8) is 0 Å². The highest BCUT2D eigenvalue weighted by molar-refractivity contribution is 7.92. The van der Waals surface area contributed by atoms with Crippen LogP contribution in [0.1, 0.15) is 66.1 Å². The summed E-state index contributed by atoms with van der Waals surface area (Å²) in [6.07, 6.45) is 9.16. The van der Waals surface area contributed by atoms with Crippen molar-refractivity contribution in [1.29, 1.82) is 0 Å². The number of H-pyrrole nitrogens is 1. The Balaban J connectivity index is 0.00000583. The maximum absolute atomic E-state index is 13.9. The van der Waals surface area contributed by atoms with E-state index < -0.39 is 28.7 Å². The second kappa shape index (κ2) is 18.4. The molecule has 0 spiro atoms. The summed E-state index contributed by atoms with van der Waals surface area (Å²) in [6.45, 7) is 0.149. The molecule has 2 fully saturated rings. The summed E-state index contributed by atoms with van der Waals surface area (Å²) in [4.78, 5) is 19.1. The monoisotopic (exact) mass is 773 g/mol. The number of aromatic nitrogens is 1. The molecule has 2 aromatic carbocycles. The number of halogens is 4. The van der Waals surface area contributed by atoms with Crippen LogP contribution in [-0.4, -0.2) is 77.5 Å². The molecule has 0 amide bonds. The SMILES string of the molecule is COc1ccc(C(=O)O[C@@H](Cc2c(Cl)c[nH+]cc2Cl)c2ccc(OC(F)F)c(OCC3CC3)c2)cc1N(CCCN1CCCCC1)S(C)(=O)=O.[OH-]. The molecule has 2 aliphatic rings. The topological polar surface area (TPSA) is 139 Å². The van der Waals surface area contributed by atoms with Crippen molar-refractivity contribution in [3.8, 4) is 17.2 Å². The van der Waals surface area contributed by atoms with Gasteiger partial charge in [0.1, 0.15) is 21.9 Å². The van der Waals surface area contributed by atoms with Gasteiger partial charge in [-0.25, -0.2) is 18.2 Å². The molecule has 1 aromatic heterocycles. The summed E-state index contributed by atoms with van der Waals surface area (Å²) < 4.78 is 76.0. The standard InChI is InChI=1S/C35H41Cl2F2N3O7S.H2O/c1-46-30-11-10-25(17-29(30)42(50(2,44)45)16-6-15-41-13-4-3-5-14-41)34(43)48-32(19-26-27(36)20-40-21-28(26)37)24-9-12-31(49-35(38)39)33(18-24)47-22-23-7-8-23;/h9-12,17-18,20-21,23,32,35H,3-8,13-16,19,22H2,1-2H3;1H2/t32-;/m0./s1. The normalized spacial score (nSPS) is 15.5. The number of benzene rings is 2. The summed E-state index contributed by atoms with van der Waals surface area (Å²) in [5.41, 5.74) is 1.16. The number of likely N-dealkylation sites (tertiary alicyclic amines) is 1.